The molecule has 0 aromatic rings. The van der Waals surface area contributed by atoms with E-state index < -0.39 is 14.6 Å². The molecule has 1 unspecified atom stereocenters. The monoisotopic (exact) mass is 263 g/mol. The number of hydrogen-bond acceptors (Lipinski definition) is 3. The van der Waals surface area contributed by atoms with Crippen LogP contribution >= 0.6 is 0 Å². The summed E-state index contributed by atoms with van der Waals surface area (Å²) < 4.78 is 22.8. The molecule has 0 aliphatic rings. The fourth-order valence-electron chi connectivity index (χ4n) is 0.993. The lowest BCUT2D eigenvalue weighted by molar-refractivity contribution is 0.560. The minimum atomic E-state index is -3.12. The standard InChI is InChI=1S/C11H25N3O2S/c1-6-9(2)14-10(12)13-7-8-17(15,16)11(3,4)5/h9H,6-8H2,1-5H3,(H3,12,13,14). The number of rotatable bonds is 5. The average Bonchev–Trinajstić information content (AvgIpc) is 2.15. The predicted molar refractivity (Wildman–Crippen MR) is 72.9 cm³/mol. The molecule has 0 amide bonds. The van der Waals surface area contributed by atoms with E-state index in [-0.39, 0.29) is 18.3 Å². The molecule has 3 N–H and O–H groups in total. The third kappa shape index (κ3) is 5.91. The Balaban J connectivity index is 4.28. The van der Waals surface area contributed by atoms with Crippen LogP contribution in [0.25, 0.3) is 0 Å². The van der Waals surface area contributed by atoms with E-state index in [1.807, 2.05) is 13.8 Å². The number of guanidine groups is 1. The van der Waals surface area contributed by atoms with Crippen LogP contribution in [0.1, 0.15) is 41.0 Å². The van der Waals surface area contributed by atoms with Gasteiger partial charge in [0, 0.05) is 6.04 Å². The molecule has 0 aromatic carbocycles. The summed E-state index contributed by atoms with van der Waals surface area (Å²) in [6, 6.07) is 0.248. The molecule has 0 fully saturated rings. The van der Waals surface area contributed by atoms with E-state index in [0.29, 0.717) is 5.96 Å². The highest BCUT2D eigenvalue weighted by Gasteiger charge is 2.28. The number of sulfone groups is 1. The van der Waals surface area contributed by atoms with Crippen molar-refractivity contribution < 1.29 is 8.42 Å². The number of nitrogens with one attached hydrogen (secondary N) is 1. The van der Waals surface area contributed by atoms with Gasteiger partial charge in [-0.3, -0.25) is 4.99 Å². The van der Waals surface area contributed by atoms with Gasteiger partial charge in [0.1, 0.15) is 0 Å². The van der Waals surface area contributed by atoms with Gasteiger partial charge in [0.2, 0.25) is 0 Å². The number of nitrogens with zero attached hydrogens (tertiary/aromatic N) is 1. The minimum Gasteiger partial charge on any atom is -0.370 e. The molecule has 5 nitrogen and oxygen atoms in total. The van der Waals surface area contributed by atoms with E-state index in [0.717, 1.165) is 6.42 Å². The third-order valence-corrected chi connectivity index (χ3v) is 5.17. The van der Waals surface area contributed by atoms with E-state index in [2.05, 4.69) is 10.3 Å². The van der Waals surface area contributed by atoms with Crippen molar-refractivity contribution in [3.8, 4) is 0 Å². The first-order valence-corrected chi connectivity index (χ1v) is 7.54. The summed E-state index contributed by atoms with van der Waals surface area (Å²) in [6.45, 7) is 9.30. The highest BCUT2D eigenvalue weighted by atomic mass is 32.2. The topological polar surface area (TPSA) is 84.5 Å². The Morgan fingerprint density at radius 1 is 1.41 bits per heavy atom. The molecule has 0 aliphatic carbocycles. The van der Waals surface area contributed by atoms with Crippen LogP contribution in [0.4, 0.5) is 0 Å². The first-order valence-electron chi connectivity index (χ1n) is 5.89. The molecule has 1 atom stereocenters. The molecule has 0 saturated carbocycles. The highest BCUT2D eigenvalue weighted by Crippen LogP contribution is 2.15. The van der Waals surface area contributed by atoms with Crippen LogP contribution < -0.4 is 11.1 Å². The van der Waals surface area contributed by atoms with Gasteiger partial charge in [-0.1, -0.05) is 6.92 Å². The van der Waals surface area contributed by atoms with Gasteiger partial charge in [-0.25, -0.2) is 8.42 Å². The summed E-state index contributed by atoms with van der Waals surface area (Å²) in [5.74, 6) is 0.336. The summed E-state index contributed by atoms with van der Waals surface area (Å²) in [6.07, 6.45) is 0.941. The van der Waals surface area contributed by atoms with Crippen LogP contribution in [0.3, 0.4) is 0 Å². The second kappa shape index (κ2) is 6.23. The summed E-state index contributed by atoms with van der Waals surface area (Å²) in [4.78, 5) is 4.01. The molecule has 0 heterocycles. The summed E-state index contributed by atoms with van der Waals surface area (Å²) in [7, 11) is -3.12. The van der Waals surface area contributed by atoms with E-state index in [1.54, 1.807) is 20.8 Å². The lowest BCUT2D eigenvalue weighted by Gasteiger charge is -2.18. The van der Waals surface area contributed by atoms with Gasteiger partial charge in [0.15, 0.2) is 15.8 Å². The fraction of sp³-hybridized carbons (Fsp3) is 0.909. The molecule has 0 spiro atoms. The second-order valence-corrected chi connectivity index (χ2v) is 8.01. The highest BCUT2D eigenvalue weighted by molar-refractivity contribution is 7.92. The van der Waals surface area contributed by atoms with Crippen LogP contribution in [-0.2, 0) is 9.84 Å². The smallest absolute Gasteiger partial charge is 0.188 e. The Bertz CT molecular complexity index is 355. The van der Waals surface area contributed by atoms with Gasteiger partial charge in [-0.15, -0.1) is 0 Å². The first-order chi connectivity index (χ1) is 7.60. The van der Waals surface area contributed by atoms with Crippen LogP contribution in [0, 0.1) is 0 Å². The molecular weight excluding hydrogens is 238 g/mol. The van der Waals surface area contributed by atoms with Crippen LogP contribution in [0.2, 0.25) is 0 Å². The Kier molecular flexibility index (Phi) is 5.95. The van der Waals surface area contributed by atoms with Crippen molar-refractivity contribution in [3.05, 3.63) is 0 Å². The van der Waals surface area contributed by atoms with Gasteiger partial charge in [-0.2, -0.15) is 0 Å². The van der Waals surface area contributed by atoms with E-state index in [1.165, 1.54) is 0 Å². The summed E-state index contributed by atoms with van der Waals surface area (Å²) >= 11 is 0. The maximum Gasteiger partial charge on any atom is 0.188 e. The zero-order valence-electron chi connectivity index (χ0n) is 11.4. The Labute approximate surface area is 105 Å². The molecule has 0 rings (SSSR count). The van der Waals surface area contributed by atoms with Crippen molar-refractivity contribution in [1.29, 1.82) is 0 Å². The van der Waals surface area contributed by atoms with Gasteiger partial charge in [-0.05, 0) is 34.1 Å². The summed E-state index contributed by atoms with van der Waals surface area (Å²) in [5.41, 5.74) is 5.63. The van der Waals surface area contributed by atoms with Crippen molar-refractivity contribution >= 4 is 15.8 Å². The molecule has 6 heteroatoms. The third-order valence-electron chi connectivity index (χ3n) is 2.58. The fourth-order valence-corrected chi connectivity index (χ4v) is 1.94. The molecule has 0 saturated heterocycles. The lowest BCUT2D eigenvalue weighted by Crippen LogP contribution is -2.38. The minimum absolute atomic E-state index is 0.0272. The summed E-state index contributed by atoms with van der Waals surface area (Å²) in [5, 5.41) is 2.99. The number of hydrogen-bond donors (Lipinski definition) is 2. The van der Waals surface area contributed by atoms with E-state index in [4.69, 9.17) is 5.73 Å². The van der Waals surface area contributed by atoms with Crippen molar-refractivity contribution in [2.45, 2.75) is 51.8 Å². The van der Waals surface area contributed by atoms with Crippen molar-refractivity contribution in [2.75, 3.05) is 12.3 Å². The van der Waals surface area contributed by atoms with Crippen LogP contribution in [0.15, 0.2) is 4.99 Å². The van der Waals surface area contributed by atoms with E-state index >= 15 is 0 Å². The molecule has 0 aromatic heterocycles. The maximum atomic E-state index is 11.8. The molecule has 17 heavy (non-hydrogen) atoms. The Hall–Kier alpha value is -0.780. The molecule has 102 valence electrons. The predicted octanol–water partition coefficient (Wildman–Crippen LogP) is 0.903. The molecule has 0 radical (unpaired) electrons. The number of aliphatic imine (C=N–C) groups is 1. The molecular formula is C11H25N3O2S. The van der Waals surface area contributed by atoms with Gasteiger partial charge >= 0.3 is 0 Å². The van der Waals surface area contributed by atoms with Crippen molar-refractivity contribution in [1.82, 2.24) is 5.32 Å². The zero-order valence-corrected chi connectivity index (χ0v) is 12.3. The van der Waals surface area contributed by atoms with Crippen LogP contribution in [-0.4, -0.2) is 37.5 Å². The quantitative estimate of drug-likeness (QED) is 0.570. The Morgan fingerprint density at radius 3 is 2.35 bits per heavy atom. The number of nitrogens with two attached hydrogens (primary N) is 1. The first kappa shape index (κ1) is 16.2. The maximum absolute atomic E-state index is 11.8. The van der Waals surface area contributed by atoms with Gasteiger partial charge in [0.05, 0.1) is 17.0 Å². The van der Waals surface area contributed by atoms with Crippen LogP contribution in [0.5, 0.6) is 0 Å². The average molecular weight is 263 g/mol. The second-order valence-electron chi connectivity index (χ2n) is 5.15. The molecule has 0 bridgehead atoms. The lowest BCUT2D eigenvalue weighted by atomic mass is 10.3. The SMILES string of the molecule is CCC(C)NC(N)=NCCS(=O)(=O)C(C)(C)C. The van der Waals surface area contributed by atoms with Crippen molar-refractivity contribution in [2.24, 2.45) is 10.7 Å². The van der Waals surface area contributed by atoms with Crippen molar-refractivity contribution in [3.63, 3.8) is 0 Å². The molecule has 0 aliphatic heterocycles. The normalized spacial score (nSPS) is 15.7. The van der Waals surface area contributed by atoms with Gasteiger partial charge in [0.25, 0.3) is 0 Å². The largest absolute Gasteiger partial charge is 0.370 e. The Morgan fingerprint density at radius 2 is 1.94 bits per heavy atom. The van der Waals surface area contributed by atoms with E-state index in [9.17, 15) is 8.42 Å². The van der Waals surface area contributed by atoms with Gasteiger partial charge < -0.3 is 11.1 Å². The zero-order chi connectivity index (χ0) is 13.7.